The summed E-state index contributed by atoms with van der Waals surface area (Å²) in [6.45, 7) is 9.49. The maximum Gasteiger partial charge on any atom is 0.249 e. The van der Waals surface area contributed by atoms with Crippen molar-refractivity contribution in [2.24, 2.45) is 0 Å². The first-order valence-corrected chi connectivity index (χ1v) is 21.0. The van der Waals surface area contributed by atoms with Gasteiger partial charge in [-0.1, -0.05) is 161 Å². The lowest BCUT2D eigenvalue weighted by Crippen LogP contribution is -2.60. The number of thiophene rings is 1. The number of anilines is 3. The molecule has 0 spiro atoms. The van der Waals surface area contributed by atoms with Crippen LogP contribution >= 0.6 is 23.1 Å². The molecule has 0 amide bonds. The molecule has 2 aliphatic rings. The molecule has 0 radical (unpaired) electrons. The molecule has 0 saturated heterocycles. The van der Waals surface area contributed by atoms with Crippen molar-refractivity contribution in [3.8, 4) is 22.3 Å². The molecular weight excluding hydrogens is 690 g/mol. The van der Waals surface area contributed by atoms with E-state index in [1.54, 1.807) is 0 Å². The SMILES string of the molecule is CCCCc1ccc2sc3ccccc3c2c1N1c2ccc(-c3ccccc3)cc2B2c3cc(-c4ccccc4)ccc3Sc3cc(C(C)(C)C)cc1c32. The Morgan fingerprint density at radius 1 is 0.593 bits per heavy atom. The summed E-state index contributed by atoms with van der Waals surface area (Å²) in [4.78, 5) is 5.43. The smallest absolute Gasteiger partial charge is 0.249 e. The Labute approximate surface area is 327 Å². The summed E-state index contributed by atoms with van der Waals surface area (Å²) in [5.74, 6) is 0. The molecule has 10 rings (SSSR count). The molecule has 0 atom stereocenters. The van der Waals surface area contributed by atoms with E-state index in [9.17, 15) is 0 Å². The van der Waals surface area contributed by atoms with Crippen molar-refractivity contribution in [3.05, 3.63) is 157 Å². The van der Waals surface area contributed by atoms with E-state index in [0.29, 0.717) is 0 Å². The largest absolute Gasteiger partial charge is 0.311 e. The van der Waals surface area contributed by atoms with Gasteiger partial charge >= 0.3 is 0 Å². The number of fused-ring (bicyclic) bond motifs is 7. The fourth-order valence-corrected chi connectivity index (χ4v) is 11.0. The lowest BCUT2D eigenvalue weighted by atomic mass is 9.34. The van der Waals surface area contributed by atoms with E-state index in [1.165, 1.54) is 96.8 Å². The Kier molecular flexibility index (Phi) is 8.12. The molecule has 0 unspecified atom stereocenters. The minimum Gasteiger partial charge on any atom is -0.311 e. The highest BCUT2D eigenvalue weighted by Gasteiger charge is 2.43. The summed E-state index contributed by atoms with van der Waals surface area (Å²) >= 11 is 3.88. The zero-order chi connectivity index (χ0) is 36.6. The van der Waals surface area contributed by atoms with Gasteiger partial charge in [-0.2, -0.15) is 0 Å². The molecule has 1 aromatic heterocycles. The molecule has 2 aliphatic heterocycles. The van der Waals surface area contributed by atoms with Crippen molar-refractivity contribution in [1.82, 2.24) is 0 Å². The second-order valence-electron chi connectivity index (χ2n) is 15.9. The highest BCUT2D eigenvalue weighted by Crippen LogP contribution is 2.50. The van der Waals surface area contributed by atoms with Crippen LogP contribution in [0.15, 0.2) is 155 Å². The summed E-state index contributed by atoms with van der Waals surface area (Å²) in [6, 6.07) is 55.2. The van der Waals surface area contributed by atoms with Gasteiger partial charge in [-0.15, -0.1) is 11.3 Å². The zero-order valence-electron chi connectivity index (χ0n) is 31.3. The van der Waals surface area contributed by atoms with Crippen LogP contribution in [0.5, 0.6) is 0 Å². The van der Waals surface area contributed by atoms with Crippen molar-refractivity contribution in [3.63, 3.8) is 0 Å². The third-order valence-electron chi connectivity index (χ3n) is 11.5. The van der Waals surface area contributed by atoms with E-state index < -0.39 is 0 Å². The van der Waals surface area contributed by atoms with Crippen LogP contribution in [-0.2, 0) is 11.8 Å². The molecule has 0 aliphatic carbocycles. The summed E-state index contributed by atoms with van der Waals surface area (Å²) in [5, 5.41) is 2.73. The average Bonchev–Trinajstić information content (AvgIpc) is 3.59. The summed E-state index contributed by atoms with van der Waals surface area (Å²) in [7, 11) is 0. The van der Waals surface area contributed by atoms with Crippen LogP contribution in [0, 0.1) is 0 Å². The molecule has 0 N–H and O–H groups in total. The maximum absolute atomic E-state index is 2.70. The molecule has 54 heavy (non-hydrogen) atoms. The van der Waals surface area contributed by atoms with Gasteiger partial charge in [0, 0.05) is 41.3 Å². The minimum atomic E-state index is -0.0196. The monoisotopic (exact) mass is 731 g/mol. The fraction of sp³-hybridized carbons (Fsp3) is 0.160. The van der Waals surface area contributed by atoms with Gasteiger partial charge in [0.05, 0.1) is 5.69 Å². The third kappa shape index (κ3) is 5.45. The predicted molar refractivity (Wildman–Crippen MR) is 237 cm³/mol. The second-order valence-corrected chi connectivity index (χ2v) is 18.1. The van der Waals surface area contributed by atoms with Gasteiger partial charge in [0.15, 0.2) is 0 Å². The summed E-state index contributed by atoms with van der Waals surface area (Å²) in [5.41, 5.74) is 16.0. The molecule has 0 fully saturated rings. The first-order chi connectivity index (χ1) is 26.4. The fourth-order valence-electron chi connectivity index (χ4n) is 8.72. The van der Waals surface area contributed by atoms with E-state index in [1.807, 2.05) is 23.1 Å². The van der Waals surface area contributed by atoms with Gasteiger partial charge in [-0.25, -0.2) is 0 Å². The maximum atomic E-state index is 2.70. The normalized spacial score (nSPS) is 13.3. The molecule has 3 heterocycles. The van der Waals surface area contributed by atoms with Gasteiger partial charge in [-0.05, 0) is 99.0 Å². The first-order valence-electron chi connectivity index (χ1n) is 19.4. The highest BCUT2D eigenvalue weighted by atomic mass is 32.2. The number of benzene rings is 7. The summed E-state index contributed by atoms with van der Waals surface area (Å²) < 4.78 is 2.70. The summed E-state index contributed by atoms with van der Waals surface area (Å²) in [6.07, 6.45) is 3.36. The van der Waals surface area contributed by atoms with Crippen molar-refractivity contribution < 1.29 is 0 Å². The van der Waals surface area contributed by atoms with Gasteiger partial charge in [-0.3, -0.25) is 0 Å². The third-order valence-corrected chi connectivity index (χ3v) is 13.8. The molecule has 0 bridgehead atoms. The van der Waals surface area contributed by atoms with Crippen LogP contribution < -0.4 is 21.3 Å². The van der Waals surface area contributed by atoms with E-state index >= 15 is 0 Å². The molecule has 7 aromatic carbocycles. The van der Waals surface area contributed by atoms with Crippen molar-refractivity contribution >= 4 is 83.4 Å². The van der Waals surface area contributed by atoms with Gasteiger partial charge in [0.1, 0.15) is 0 Å². The average molecular weight is 732 g/mol. The van der Waals surface area contributed by atoms with E-state index in [-0.39, 0.29) is 12.1 Å². The topological polar surface area (TPSA) is 3.24 Å². The van der Waals surface area contributed by atoms with E-state index in [0.717, 1.165) is 19.3 Å². The number of aryl methyl sites for hydroxylation is 1. The number of unbranched alkanes of at least 4 members (excludes halogenated alkanes) is 1. The number of hydrogen-bond donors (Lipinski definition) is 0. The number of nitrogens with zero attached hydrogens (tertiary/aromatic N) is 1. The second kappa shape index (κ2) is 13.1. The molecule has 4 heteroatoms. The van der Waals surface area contributed by atoms with E-state index in [4.69, 9.17) is 0 Å². The Morgan fingerprint density at radius 2 is 1.28 bits per heavy atom. The molecule has 1 nitrogen and oxygen atoms in total. The van der Waals surface area contributed by atoms with Crippen LogP contribution in [-0.4, -0.2) is 6.71 Å². The van der Waals surface area contributed by atoms with Crippen LogP contribution in [0.4, 0.5) is 17.1 Å². The van der Waals surface area contributed by atoms with E-state index in [2.05, 4.69) is 178 Å². The van der Waals surface area contributed by atoms with Crippen LogP contribution in [0.25, 0.3) is 42.4 Å². The lowest BCUT2D eigenvalue weighted by molar-refractivity contribution is 0.589. The highest BCUT2D eigenvalue weighted by molar-refractivity contribution is 8.00. The predicted octanol–water partition coefficient (Wildman–Crippen LogP) is 12.8. The van der Waals surface area contributed by atoms with Crippen LogP contribution in [0.3, 0.4) is 0 Å². The molecule has 8 aromatic rings. The van der Waals surface area contributed by atoms with Crippen LogP contribution in [0.1, 0.15) is 51.7 Å². The first kappa shape index (κ1) is 33.5. The van der Waals surface area contributed by atoms with Crippen LogP contribution in [0.2, 0.25) is 0 Å². The lowest BCUT2D eigenvalue weighted by Gasteiger charge is -2.42. The molecule has 0 saturated carbocycles. The van der Waals surface area contributed by atoms with Crippen molar-refractivity contribution in [2.45, 2.75) is 62.2 Å². The van der Waals surface area contributed by atoms with Gasteiger partial charge in [0.25, 0.3) is 0 Å². The minimum absolute atomic E-state index is 0.0196. The Balaban J connectivity index is 1.33. The standard InChI is InChI=1S/C50H42BNS2/c1-5-6-15-34-23-27-45-47(38-20-13-14-21-43(38)53-45)49(34)52-41-25-22-35(32-16-9-7-10-17-32)28-39(41)51-40-29-36(33-18-11-8-12-19-33)24-26-44(40)54-46-31-37(50(2,3)4)30-42(52)48(46)51/h7-14,16-31H,5-6,15H2,1-4H3. The van der Waals surface area contributed by atoms with Gasteiger partial charge < -0.3 is 4.90 Å². The Hall–Kier alpha value is -5.03. The Morgan fingerprint density at radius 3 is 2.00 bits per heavy atom. The van der Waals surface area contributed by atoms with Crippen molar-refractivity contribution in [2.75, 3.05) is 4.90 Å². The Bertz CT molecular complexity index is 2720. The number of hydrogen-bond acceptors (Lipinski definition) is 3. The number of rotatable bonds is 6. The van der Waals surface area contributed by atoms with Gasteiger partial charge in [0.2, 0.25) is 6.71 Å². The molecular formula is C50H42BNS2. The zero-order valence-corrected chi connectivity index (χ0v) is 33.0. The quantitative estimate of drug-likeness (QED) is 0.157. The molecule has 262 valence electrons. The van der Waals surface area contributed by atoms with Crippen molar-refractivity contribution in [1.29, 1.82) is 0 Å².